The lowest BCUT2D eigenvalue weighted by molar-refractivity contribution is 0.567. The number of unbranched alkanes of at least 4 members (excludes halogenated alkanes) is 3. The monoisotopic (exact) mass is 296 g/mol. The van der Waals surface area contributed by atoms with Gasteiger partial charge in [-0.1, -0.05) is 62.9 Å². The van der Waals surface area contributed by atoms with E-state index in [1.54, 1.807) is 0 Å². The molecule has 2 N–H and O–H groups in total. The summed E-state index contributed by atoms with van der Waals surface area (Å²) in [6.07, 6.45) is 6.37. The predicted molar refractivity (Wildman–Crippen MR) is 97.7 cm³/mol. The van der Waals surface area contributed by atoms with Gasteiger partial charge in [0.25, 0.3) is 0 Å². The van der Waals surface area contributed by atoms with E-state index in [2.05, 4.69) is 61.2 Å². The van der Waals surface area contributed by atoms with Crippen LogP contribution in [0.4, 0.5) is 17.1 Å². The van der Waals surface area contributed by atoms with Gasteiger partial charge in [0, 0.05) is 11.7 Å². The molecule has 2 aromatic rings. The molecule has 0 spiro atoms. The summed E-state index contributed by atoms with van der Waals surface area (Å²) in [6, 6.07) is 19.1. The Labute approximate surface area is 135 Å². The fourth-order valence-electron chi connectivity index (χ4n) is 2.92. The fourth-order valence-corrected chi connectivity index (χ4v) is 2.92. The first-order valence-corrected chi connectivity index (χ1v) is 8.42. The number of hydrogen-bond donors (Lipinski definition) is 1. The van der Waals surface area contributed by atoms with Crippen molar-refractivity contribution in [3.05, 3.63) is 54.6 Å². The van der Waals surface area contributed by atoms with Crippen molar-refractivity contribution >= 4 is 17.1 Å². The van der Waals surface area contributed by atoms with Crippen molar-refractivity contribution in [3.63, 3.8) is 0 Å². The SMILES string of the molecule is CCCCCCC(C)N(c1ccccc1)c1ccccc1N. The summed E-state index contributed by atoms with van der Waals surface area (Å²) >= 11 is 0. The molecule has 0 amide bonds. The van der Waals surface area contributed by atoms with Crippen molar-refractivity contribution in [1.82, 2.24) is 0 Å². The molecule has 0 radical (unpaired) electrons. The molecule has 0 aliphatic carbocycles. The fraction of sp³-hybridized carbons (Fsp3) is 0.400. The minimum atomic E-state index is 0.434. The van der Waals surface area contributed by atoms with Crippen molar-refractivity contribution in [2.45, 2.75) is 52.0 Å². The van der Waals surface area contributed by atoms with E-state index in [9.17, 15) is 0 Å². The van der Waals surface area contributed by atoms with E-state index in [4.69, 9.17) is 5.73 Å². The average Bonchev–Trinajstić information content (AvgIpc) is 2.55. The van der Waals surface area contributed by atoms with E-state index in [0.29, 0.717) is 6.04 Å². The maximum Gasteiger partial charge on any atom is 0.0646 e. The number of nitrogen functional groups attached to an aromatic ring is 1. The lowest BCUT2D eigenvalue weighted by Crippen LogP contribution is -2.29. The van der Waals surface area contributed by atoms with Gasteiger partial charge in [-0.3, -0.25) is 0 Å². The third-order valence-electron chi connectivity index (χ3n) is 4.15. The van der Waals surface area contributed by atoms with Crippen LogP contribution in [0.3, 0.4) is 0 Å². The Morgan fingerprint density at radius 3 is 2.27 bits per heavy atom. The number of rotatable bonds is 8. The quantitative estimate of drug-likeness (QED) is 0.495. The van der Waals surface area contributed by atoms with Crippen molar-refractivity contribution in [1.29, 1.82) is 0 Å². The standard InChI is InChI=1S/C20H28N2/c1-3-4-5-7-12-17(2)22(18-13-8-6-9-14-18)20-16-11-10-15-19(20)21/h6,8-11,13-17H,3-5,7,12,21H2,1-2H3. The molecule has 0 heterocycles. The van der Waals surface area contributed by atoms with Crippen LogP contribution in [-0.2, 0) is 0 Å². The summed E-state index contributed by atoms with van der Waals surface area (Å²) in [5.41, 5.74) is 9.39. The zero-order chi connectivity index (χ0) is 15.8. The molecule has 118 valence electrons. The van der Waals surface area contributed by atoms with Crippen LogP contribution in [0.5, 0.6) is 0 Å². The van der Waals surface area contributed by atoms with Crippen LogP contribution in [0.15, 0.2) is 54.6 Å². The number of benzene rings is 2. The molecule has 2 rings (SSSR count). The Morgan fingerprint density at radius 1 is 0.909 bits per heavy atom. The molecule has 2 heteroatoms. The highest BCUT2D eigenvalue weighted by Crippen LogP contribution is 2.33. The average molecular weight is 296 g/mol. The number of hydrogen-bond acceptors (Lipinski definition) is 2. The van der Waals surface area contributed by atoms with E-state index >= 15 is 0 Å². The normalized spacial score (nSPS) is 12.1. The van der Waals surface area contributed by atoms with Crippen LogP contribution in [0, 0.1) is 0 Å². The summed E-state index contributed by atoms with van der Waals surface area (Å²) < 4.78 is 0. The molecule has 0 aromatic heterocycles. The van der Waals surface area contributed by atoms with Gasteiger partial charge in [0.15, 0.2) is 0 Å². The second-order valence-electron chi connectivity index (χ2n) is 5.96. The van der Waals surface area contributed by atoms with Crippen molar-refractivity contribution in [2.24, 2.45) is 0 Å². The van der Waals surface area contributed by atoms with Crippen LogP contribution >= 0.6 is 0 Å². The summed E-state index contributed by atoms with van der Waals surface area (Å²) in [7, 11) is 0. The highest BCUT2D eigenvalue weighted by atomic mass is 15.2. The lowest BCUT2D eigenvalue weighted by Gasteiger charge is -2.32. The van der Waals surface area contributed by atoms with Gasteiger partial charge in [0.1, 0.15) is 0 Å². The molecule has 22 heavy (non-hydrogen) atoms. The van der Waals surface area contributed by atoms with Gasteiger partial charge in [-0.2, -0.15) is 0 Å². The van der Waals surface area contributed by atoms with Crippen LogP contribution in [0.2, 0.25) is 0 Å². The molecule has 2 nitrogen and oxygen atoms in total. The third kappa shape index (κ3) is 4.27. The van der Waals surface area contributed by atoms with Crippen molar-refractivity contribution < 1.29 is 0 Å². The molecule has 0 aliphatic heterocycles. The highest BCUT2D eigenvalue weighted by molar-refractivity contribution is 5.75. The van der Waals surface area contributed by atoms with Gasteiger partial charge in [0.05, 0.1) is 11.4 Å². The molecule has 2 aromatic carbocycles. The van der Waals surface area contributed by atoms with Crippen LogP contribution < -0.4 is 10.6 Å². The van der Waals surface area contributed by atoms with E-state index in [0.717, 1.165) is 11.4 Å². The van der Waals surface area contributed by atoms with E-state index in [1.165, 1.54) is 37.8 Å². The number of para-hydroxylation sites is 3. The molecular weight excluding hydrogens is 268 g/mol. The topological polar surface area (TPSA) is 29.3 Å². The van der Waals surface area contributed by atoms with Gasteiger partial charge in [-0.25, -0.2) is 0 Å². The molecule has 0 bridgehead atoms. The number of nitrogens with zero attached hydrogens (tertiary/aromatic N) is 1. The summed E-state index contributed by atoms with van der Waals surface area (Å²) in [5.74, 6) is 0. The Balaban J connectivity index is 2.21. The maximum atomic E-state index is 6.23. The van der Waals surface area contributed by atoms with Crippen molar-refractivity contribution in [2.75, 3.05) is 10.6 Å². The molecule has 0 aliphatic rings. The predicted octanol–water partition coefficient (Wildman–Crippen LogP) is 5.77. The molecule has 0 saturated carbocycles. The van der Waals surface area contributed by atoms with E-state index < -0.39 is 0 Å². The van der Waals surface area contributed by atoms with Gasteiger partial charge in [-0.05, 0) is 37.6 Å². The molecular formula is C20H28N2. The Morgan fingerprint density at radius 2 is 1.59 bits per heavy atom. The minimum absolute atomic E-state index is 0.434. The zero-order valence-electron chi connectivity index (χ0n) is 13.8. The Bertz CT molecular complexity index is 551. The molecule has 1 atom stereocenters. The van der Waals surface area contributed by atoms with Gasteiger partial charge < -0.3 is 10.6 Å². The highest BCUT2D eigenvalue weighted by Gasteiger charge is 2.18. The summed E-state index contributed by atoms with van der Waals surface area (Å²) in [5, 5.41) is 0. The third-order valence-corrected chi connectivity index (χ3v) is 4.15. The Kier molecular flexibility index (Phi) is 6.32. The summed E-state index contributed by atoms with van der Waals surface area (Å²) in [6.45, 7) is 4.55. The van der Waals surface area contributed by atoms with E-state index in [-0.39, 0.29) is 0 Å². The first-order chi connectivity index (χ1) is 10.7. The van der Waals surface area contributed by atoms with Gasteiger partial charge in [0.2, 0.25) is 0 Å². The first kappa shape index (κ1) is 16.4. The molecule has 0 saturated heterocycles. The zero-order valence-corrected chi connectivity index (χ0v) is 13.8. The van der Waals surface area contributed by atoms with Gasteiger partial charge in [-0.15, -0.1) is 0 Å². The maximum absolute atomic E-state index is 6.23. The smallest absolute Gasteiger partial charge is 0.0646 e. The number of anilines is 3. The largest absolute Gasteiger partial charge is 0.397 e. The van der Waals surface area contributed by atoms with Crippen LogP contribution in [0.1, 0.15) is 46.0 Å². The first-order valence-electron chi connectivity index (χ1n) is 8.42. The molecule has 1 unspecified atom stereocenters. The number of nitrogens with two attached hydrogens (primary N) is 1. The van der Waals surface area contributed by atoms with Crippen molar-refractivity contribution in [3.8, 4) is 0 Å². The van der Waals surface area contributed by atoms with Gasteiger partial charge >= 0.3 is 0 Å². The Hall–Kier alpha value is -1.96. The minimum Gasteiger partial charge on any atom is -0.397 e. The summed E-state index contributed by atoms with van der Waals surface area (Å²) in [4.78, 5) is 2.38. The van der Waals surface area contributed by atoms with Crippen LogP contribution in [0.25, 0.3) is 0 Å². The van der Waals surface area contributed by atoms with Crippen LogP contribution in [-0.4, -0.2) is 6.04 Å². The lowest BCUT2D eigenvalue weighted by atomic mass is 10.0. The van der Waals surface area contributed by atoms with E-state index in [1.807, 2.05) is 12.1 Å². The second-order valence-corrected chi connectivity index (χ2v) is 5.96. The second kappa shape index (κ2) is 8.47. The molecule has 0 fully saturated rings.